The zero-order valence-electron chi connectivity index (χ0n) is 20.6. The molecule has 1 aromatic rings. The average molecular weight is 469 g/mol. The number of ether oxygens (including phenoxy) is 1. The van der Waals surface area contributed by atoms with E-state index in [0.29, 0.717) is 13.0 Å². The Morgan fingerprint density at radius 2 is 1.59 bits per heavy atom. The molecule has 4 bridgehead atoms. The van der Waals surface area contributed by atoms with E-state index < -0.39 is 0 Å². The second kappa shape index (κ2) is 10.1. The Bertz CT molecular complexity index is 828. The molecule has 0 radical (unpaired) electrons. The molecule has 6 rings (SSSR count). The number of carbonyl (C=O) groups excluding carboxylic acids is 2. The molecule has 1 saturated heterocycles. The number of carbonyl (C=O) groups is 2. The van der Waals surface area contributed by atoms with E-state index in [2.05, 4.69) is 27.7 Å². The molecule has 5 fully saturated rings. The van der Waals surface area contributed by atoms with Crippen molar-refractivity contribution >= 4 is 11.9 Å². The Morgan fingerprint density at radius 3 is 2.18 bits per heavy atom. The lowest BCUT2D eigenvalue weighted by molar-refractivity contribution is -0.132. The van der Waals surface area contributed by atoms with Gasteiger partial charge < -0.3 is 20.3 Å². The van der Waals surface area contributed by atoms with Crippen LogP contribution in [0.1, 0.15) is 50.5 Å². The SMILES string of the molecule is COc1ccc(CCN2CCN(C(=O)CCNC(=O)NC34CC5CC(CC(C5)C3)C4)CC2)cc1. The summed E-state index contributed by atoms with van der Waals surface area (Å²) in [6.07, 6.45) is 8.92. The van der Waals surface area contributed by atoms with Gasteiger partial charge in [-0.3, -0.25) is 9.69 Å². The van der Waals surface area contributed by atoms with Crippen molar-refractivity contribution in [2.24, 2.45) is 17.8 Å². The van der Waals surface area contributed by atoms with Gasteiger partial charge in [0.05, 0.1) is 7.11 Å². The van der Waals surface area contributed by atoms with Gasteiger partial charge in [-0.1, -0.05) is 12.1 Å². The number of hydrogen-bond donors (Lipinski definition) is 2. The summed E-state index contributed by atoms with van der Waals surface area (Å²) in [6, 6.07) is 8.15. The number of nitrogens with zero attached hydrogens (tertiary/aromatic N) is 2. The number of methoxy groups -OCH3 is 1. The van der Waals surface area contributed by atoms with Crippen molar-refractivity contribution in [1.29, 1.82) is 0 Å². The minimum atomic E-state index is -0.0851. The van der Waals surface area contributed by atoms with Gasteiger partial charge in [0.15, 0.2) is 0 Å². The Labute approximate surface area is 203 Å². The van der Waals surface area contributed by atoms with Crippen molar-refractivity contribution < 1.29 is 14.3 Å². The van der Waals surface area contributed by atoms with Gasteiger partial charge in [0.1, 0.15) is 5.75 Å². The largest absolute Gasteiger partial charge is 0.497 e. The van der Waals surface area contributed by atoms with E-state index in [1.54, 1.807) is 7.11 Å². The van der Waals surface area contributed by atoms with Gasteiger partial charge in [0, 0.05) is 51.2 Å². The third-order valence-electron chi connectivity index (χ3n) is 8.64. The van der Waals surface area contributed by atoms with Gasteiger partial charge in [-0.05, 0) is 80.4 Å². The summed E-state index contributed by atoms with van der Waals surface area (Å²) < 4.78 is 5.22. The molecule has 1 heterocycles. The topological polar surface area (TPSA) is 73.9 Å². The van der Waals surface area contributed by atoms with Crippen LogP contribution in [0.3, 0.4) is 0 Å². The van der Waals surface area contributed by atoms with E-state index in [0.717, 1.165) is 81.9 Å². The van der Waals surface area contributed by atoms with Crippen LogP contribution in [0.4, 0.5) is 4.79 Å². The van der Waals surface area contributed by atoms with Crippen molar-refractivity contribution in [2.75, 3.05) is 46.4 Å². The molecule has 2 N–H and O–H groups in total. The standard InChI is InChI=1S/C27H40N4O3/c1-34-24-4-2-20(3-5-24)7-9-30-10-12-31(13-11-30)25(32)6-8-28-26(33)29-27-17-21-14-22(18-27)16-23(15-21)19-27/h2-5,21-23H,6-19H2,1H3,(H2,28,29,33). The molecule has 3 amide bonds. The fraction of sp³-hybridized carbons (Fsp3) is 0.704. The van der Waals surface area contributed by atoms with E-state index in [-0.39, 0.29) is 17.5 Å². The van der Waals surface area contributed by atoms with Crippen molar-refractivity contribution in [3.63, 3.8) is 0 Å². The molecule has 7 nitrogen and oxygen atoms in total. The first-order valence-electron chi connectivity index (χ1n) is 13.2. The maximum absolute atomic E-state index is 12.7. The Morgan fingerprint density at radius 1 is 0.971 bits per heavy atom. The van der Waals surface area contributed by atoms with Crippen LogP contribution < -0.4 is 15.4 Å². The molecule has 34 heavy (non-hydrogen) atoms. The monoisotopic (exact) mass is 468 g/mol. The molecule has 0 spiro atoms. The third kappa shape index (κ3) is 5.51. The van der Waals surface area contributed by atoms with Crippen LogP contribution in [0, 0.1) is 17.8 Å². The summed E-state index contributed by atoms with van der Waals surface area (Å²) >= 11 is 0. The Balaban J connectivity index is 0.977. The predicted octanol–water partition coefficient (Wildman–Crippen LogP) is 3.04. The molecule has 5 aliphatic rings. The predicted molar refractivity (Wildman–Crippen MR) is 132 cm³/mol. The summed E-state index contributed by atoms with van der Waals surface area (Å²) in [7, 11) is 1.68. The van der Waals surface area contributed by atoms with Gasteiger partial charge in [-0.15, -0.1) is 0 Å². The normalized spacial score (nSPS) is 30.3. The first-order chi connectivity index (χ1) is 16.5. The molecule has 0 aromatic heterocycles. The average Bonchev–Trinajstić information content (AvgIpc) is 2.82. The number of rotatable bonds is 8. The quantitative estimate of drug-likeness (QED) is 0.615. The van der Waals surface area contributed by atoms with Crippen LogP contribution in [0.5, 0.6) is 5.75 Å². The molecule has 186 valence electrons. The third-order valence-corrected chi connectivity index (χ3v) is 8.64. The molecule has 7 heteroatoms. The molecule has 4 saturated carbocycles. The lowest BCUT2D eigenvalue weighted by atomic mass is 9.53. The first kappa shape index (κ1) is 23.5. The number of amides is 3. The van der Waals surface area contributed by atoms with E-state index in [1.165, 1.54) is 24.8 Å². The van der Waals surface area contributed by atoms with Gasteiger partial charge in [-0.25, -0.2) is 4.79 Å². The summed E-state index contributed by atoms with van der Waals surface area (Å²) in [5.74, 6) is 3.45. The van der Waals surface area contributed by atoms with Crippen molar-refractivity contribution in [2.45, 2.75) is 56.9 Å². The van der Waals surface area contributed by atoms with Crippen molar-refractivity contribution in [1.82, 2.24) is 20.4 Å². The summed E-state index contributed by atoms with van der Waals surface area (Å²) in [5.41, 5.74) is 1.32. The van der Waals surface area contributed by atoms with Crippen LogP contribution in [-0.4, -0.2) is 73.7 Å². The number of hydrogen-bond acceptors (Lipinski definition) is 4. The first-order valence-corrected chi connectivity index (χ1v) is 13.2. The van der Waals surface area contributed by atoms with Gasteiger partial charge in [0.2, 0.25) is 5.91 Å². The minimum Gasteiger partial charge on any atom is -0.497 e. The van der Waals surface area contributed by atoms with Crippen LogP contribution >= 0.6 is 0 Å². The molecule has 4 aliphatic carbocycles. The highest BCUT2D eigenvalue weighted by atomic mass is 16.5. The number of urea groups is 1. The van der Waals surface area contributed by atoms with Crippen LogP contribution in [0.15, 0.2) is 24.3 Å². The highest BCUT2D eigenvalue weighted by Gasteiger charge is 2.51. The zero-order chi connectivity index (χ0) is 23.5. The van der Waals surface area contributed by atoms with Crippen LogP contribution in [0.2, 0.25) is 0 Å². The summed E-state index contributed by atoms with van der Waals surface area (Å²) in [6.45, 7) is 4.75. The summed E-state index contributed by atoms with van der Waals surface area (Å²) in [5, 5.41) is 6.30. The van der Waals surface area contributed by atoms with Crippen molar-refractivity contribution in [3.05, 3.63) is 29.8 Å². The van der Waals surface area contributed by atoms with E-state index >= 15 is 0 Å². The number of piperazine rings is 1. The minimum absolute atomic E-state index is 0.0188. The van der Waals surface area contributed by atoms with Gasteiger partial charge in [-0.2, -0.15) is 0 Å². The van der Waals surface area contributed by atoms with E-state index in [4.69, 9.17) is 4.74 Å². The Kier molecular flexibility index (Phi) is 7.00. The lowest BCUT2D eigenvalue weighted by Crippen LogP contribution is -2.61. The van der Waals surface area contributed by atoms with Crippen LogP contribution in [0.25, 0.3) is 0 Å². The maximum Gasteiger partial charge on any atom is 0.315 e. The van der Waals surface area contributed by atoms with E-state index in [9.17, 15) is 9.59 Å². The van der Waals surface area contributed by atoms with E-state index in [1.807, 2.05) is 17.0 Å². The Hall–Kier alpha value is -2.28. The molecule has 0 atom stereocenters. The highest BCUT2D eigenvalue weighted by molar-refractivity contribution is 5.78. The zero-order valence-corrected chi connectivity index (χ0v) is 20.6. The van der Waals surface area contributed by atoms with Gasteiger partial charge >= 0.3 is 6.03 Å². The number of benzene rings is 1. The van der Waals surface area contributed by atoms with Gasteiger partial charge in [0.25, 0.3) is 0 Å². The smallest absolute Gasteiger partial charge is 0.315 e. The maximum atomic E-state index is 12.7. The molecular formula is C27H40N4O3. The fourth-order valence-corrected chi connectivity index (χ4v) is 7.29. The van der Waals surface area contributed by atoms with Crippen LogP contribution in [-0.2, 0) is 11.2 Å². The molecule has 1 aromatic carbocycles. The molecular weight excluding hydrogens is 428 g/mol. The second-order valence-electron chi connectivity index (χ2n) is 11.1. The molecule has 1 aliphatic heterocycles. The lowest BCUT2D eigenvalue weighted by Gasteiger charge is -2.56. The summed E-state index contributed by atoms with van der Waals surface area (Å²) in [4.78, 5) is 29.6. The molecule has 0 unspecified atom stereocenters. The number of nitrogens with one attached hydrogen (secondary N) is 2. The highest BCUT2D eigenvalue weighted by Crippen LogP contribution is 2.55. The second-order valence-corrected chi connectivity index (χ2v) is 11.1. The fourth-order valence-electron chi connectivity index (χ4n) is 7.29. The van der Waals surface area contributed by atoms with Crippen molar-refractivity contribution in [3.8, 4) is 5.75 Å².